The molecule has 0 aliphatic heterocycles. The van der Waals surface area contributed by atoms with Crippen LogP contribution in [0.1, 0.15) is 45.6 Å². The fraction of sp³-hybridized carbons (Fsp3) is 0.733. The average molecular weight is 331 g/mol. The molecule has 1 aromatic heterocycles. The zero-order chi connectivity index (χ0) is 15.5. The van der Waals surface area contributed by atoms with E-state index in [1.165, 1.54) is 11.3 Å². The number of hydrogen-bond acceptors (Lipinski definition) is 4. The molecule has 0 spiro atoms. The third-order valence-electron chi connectivity index (χ3n) is 4.38. The molecule has 0 unspecified atom stereocenters. The lowest BCUT2D eigenvalue weighted by Gasteiger charge is -2.19. The number of hydrogen-bond donors (Lipinski definition) is 2. The van der Waals surface area contributed by atoms with Crippen molar-refractivity contribution in [3.05, 3.63) is 17.0 Å². The first-order chi connectivity index (χ1) is 9.89. The van der Waals surface area contributed by atoms with E-state index in [2.05, 4.69) is 30.8 Å². The Hall–Kier alpha value is -0.430. The second-order valence-corrected chi connectivity index (χ2v) is 9.20. The molecule has 21 heavy (non-hydrogen) atoms. The van der Waals surface area contributed by atoms with Crippen LogP contribution in [-0.4, -0.2) is 21.5 Å². The Morgan fingerprint density at radius 3 is 2.67 bits per heavy atom. The van der Waals surface area contributed by atoms with Crippen LogP contribution in [-0.2, 0) is 16.6 Å². The molecule has 120 valence electrons. The molecule has 0 aromatic carbocycles. The van der Waals surface area contributed by atoms with Gasteiger partial charge in [-0.3, -0.25) is 0 Å². The fourth-order valence-electron chi connectivity index (χ4n) is 2.42. The van der Waals surface area contributed by atoms with Gasteiger partial charge in [-0.05, 0) is 54.1 Å². The second kappa shape index (κ2) is 6.77. The van der Waals surface area contributed by atoms with E-state index < -0.39 is 10.0 Å². The largest absolute Gasteiger partial charge is 0.313 e. The SMILES string of the molecule is CCCNCc1csc(S(=O)(=O)NCC2(C(C)C)CC2)c1. The van der Waals surface area contributed by atoms with E-state index in [1.807, 2.05) is 5.38 Å². The lowest BCUT2D eigenvalue weighted by Crippen LogP contribution is -2.32. The summed E-state index contributed by atoms with van der Waals surface area (Å²) in [6, 6.07) is 1.78. The quantitative estimate of drug-likeness (QED) is 0.684. The van der Waals surface area contributed by atoms with Gasteiger partial charge in [0.15, 0.2) is 0 Å². The van der Waals surface area contributed by atoms with Crippen LogP contribution in [0, 0.1) is 11.3 Å². The van der Waals surface area contributed by atoms with Crippen molar-refractivity contribution in [1.82, 2.24) is 10.0 Å². The van der Waals surface area contributed by atoms with E-state index in [1.54, 1.807) is 6.07 Å². The van der Waals surface area contributed by atoms with Crippen molar-refractivity contribution in [2.45, 2.75) is 50.8 Å². The first kappa shape index (κ1) is 16.9. The number of sulfonamides is 1. The summed E-state index contributed by atoms with van der Waals surface area (Å²) in [6.45, 7) is 8.70. The van der Waals surface area contributed by atoms with Gasteiger partial charge >= 0.3 is 0 Å². The lowest BCUT2D eigenvalue weighted by atomic mass is 9.93. The first-order valence-electron chi connectivity index (χ1n) is 7.67. The maximum Gasteiger partial charge on any atom is 0.250 e. The van der Waals surface area contributed by atoms with Crippen LogP contribution in [0.3, 0.4) is 0 Å². The minimum absolute atomic E-state index is 0.190. The average Bonchev–Trinajstić information content (AvgIpc) is 3.08. The Balaban J connectivity index is 1.93. The number of rotatable bonds is 9. The first-order valence-corrected chi connectivity index (χ1v) is 10.0. The van der Waals surface area contributed by atoms with Gasteiger partial charge in [-0.25, -0.2) is 13.1 Å². The van der Waals surface area contributed by atoms with Gasteiger partial charge < -0.3 is 5.32 Å². The minimum Gasteiger partial charge on any atom is -0.313 e. The Kier molecular flexibility index (Phi) is 5.46. The summed E-state index contributed by atoms with van der Waals surface area (Å²) in [5.41, 5.74) is 1.23. The highest BCUT2D eigenvalue weighted by atomic mass is 32.2. The monoisotopic (exact) mass is 330 g/mol. The van der Waals surface area contributed by atoms with Gasteiger partial charge in [0, 0.05) is 13.1 Å². The van der Waals surface area contributed by atoms with Gasteiger partial charge in [0.25, 0.3) is 0 Å². The van der Waals surface area contributed by atoms with Crippen molar-refractivity contribution in [3.63, 3.8) is 0 Å². The van der Waals surface area contributed by atoms with E-state index in [0.717, 1.165) is 37.9 Å². The summed E-state index contributed by atoms with van der Waals surface area (Å²) in [4.78, 5) is 0. The molecule has 1 aliphatic rings. The highest BCUT2D eigenvalue weighted by molar-refractivity contribution is 7.91. The maximum absolute atomic E-state index is 12.4. The Morgan fingerprint density at radius 1 is 1.38 bits per heavy atom. The molecule has 2 rings (SSSR count). The van der Waals surface area contributed by atoms with E-state index in [9.17, 15) is 8.42 Å². The molecule has 0 bridgehead atoms. The third-order valence-corrected chi connectivity index (χ3v) is 7.27. The molecule has 4 nitrogen and oxygen atoms in total. The molecular weight excluding hydrogens is 304 g/mol. The zero-order valence-electron chi connectivity index (χ0n) is 13.1. The van der Waals surface area contributed by atoms with Gasteiger partial charge in [-0.2, -0.15) is 0 Å². The third kappa shape index (κ3) is 4.28. The predicted octanol–water partition coefficient (Wildman–Crippen LogP) is 2.96. The topological polar surface area (TPSA) is 58.2 Å². The highest BCUT2D eigenvalue weighted by Gasteiger charge is 2.45. The molecule has 6 heteroatoms. The normalized spacial score (nSPS) is 17.3. The number of nitrogens with one attached hydrogen (secondary N) is 2. The fourth-order valence-corrected chi connectivity index (χ4v) is 4.82. The standard InChI is InChI=1S/C15H26N2O2S2/c1-4-7-16-9-13-8-14(20-10-13)21(18,19)17-11-15(5-6-15)12(2)3/h8,10,12,16-17H,4-7,9,11H2,1-3H3. The van der Waals surface area contributed by atoms with Crippen LogP contribution >= 0.6 is 11.3 Å². The molecule has 0 radical (unpaired) electrons. The van der Waals surface area contributed by atoms with E-state index in [-0.39, 0.29) is 5.41 Å². The molecule has 1 saturated carbocycles. The van der Waals surface area contributed by atoms with E-state index in [4.69, 9.17) is 0 Å². The zero-order valence-corrected chi connectivity index (χ0v) is 14.7. The van der Waals surface area contributed by atoms with E-state index in [0.29, 0.717) is 16.7 Å². The van der Waals surface area contributed by atoms with Crippen molar-refractivity contribution in [3.8, 4) is 0 Å². The highest BCUT2D eigenvalue weighted by Crippen LogP contribution is 2.51. The Bertz CT molecular complexity index is 560. The van der Waals surface area contributed by atoms with Crippen molar-refractivity contribution >= 4 is 21.4 Å². The van der Waals surface area contributed by atoms with Gasteiger partial charge in [-0.15, -0.1) is 11.3 Å². The summed E-state index contributed by atoms with van der Waals surface area (Å²) in [7, 11) is -3.36. The van der Waals surface area contributed by atoms with Crippen molar-refractivity contribution in [1.29, 1.82) is 0 Å². The van der Waals surface area contributed by atoms with Crippen LogP contribution in [0.2, 0.25) is 0 Å². The molecular formula is C15H26N2O2S2. The molecule has 1 fully saturated rings. The van der Waals surface area contributed by atoms with E-state index >= 15 is 0 Å². The molecule has 0 saturated heterocycles. The maximum atomic E-state index is 12.4. The number of thiophene rings is 1. The summed E-state index contributed by atoms with van der Waals surface area (Å²) < 4.78 is 27.9. The predicted molar refractivity (Wildman–Crippen MR) is 88.0 cm³/mol. The molecule has 1 aromatic rings. The van der Waals surface area contributed by atoms with Crippen LogP contribution in [0.15, 0.2) is 15.7 Å². The lowest BCUT2D eigenvalue weighted by molar-refractivity contribution is 0.357. The van der Waals surface area contributed by atoms with Crippen molar-refractivity contribution < 1.29 is 8.42 Å². The van der Waals surface area contributed by atoms with Gasteiger partial charge in [0.05, 0.1) is 0 Å². The smallest absolute Gasteiger partial charge is 0.250 e. The molecule has 1 aliphatic carbocycles. The second-order valence-electron chi connectivity index (χ2n) is 6.29. The summed E-state index contributed by atoms with van der Waals surface area (Å²) in [5.74, 6) is 0.525. The van der Waals surface area contributed by atoms with Crippen LogP contribution in [0.25, 0.3) is 0 Å². The van der Waals surface area contributed by atoms with Crippen molar-refractivity contribution in [2.24, 2.45) is 11.3 Å². The summed E-state index contributed by atoms with van der Waals surface area (Å²) >= 11 is 1.30. The summed E-state index contributed by atoms with van der Waals surface area (Å²) in [5, 5.41) is 5.21. The molecule has 0 amide bonds. The van der Waals surface area contributed by atoms with Crippen LogP contribution in [0.5, 0.6) is 0 Å². The summed E-state index contributed by atoms with van der Waals surface area (Å²) in [6.07, 6.45) is 3.34. The van der Waals surface area contributed by atoms with Crippen molar-refractivity contribution in [2.75, 3.05) is 13.1 Å². The van der Waals surface area contributed by atoms with Gasteiger partial charge in [0.1, 0.15) is 4.21 Å². The van der Waals surface area contributed by atoms with Crippen LogP contribution in [0.4, 0.5) is 0 Å². The van der Waals surface area contributed by atoms with Gasteiger partial charge in [-0.1, -0.05) is 20.8 Å². The Morgan fingerprint density at radius 2 is 2.10 bits per heavy atom. The molecule has 1 heterocycles. The van der Waals surface area contributed by atoms with Crippen LogP contribution < -0.4 is 10.0 Å². The van der Waals surface area contributed by atoms with Gasteiger partial charge in [0.2, 0.25) is 10.0 Å². The Labute approximate surface area is 132 Å². The molecule has 0 atom stereocenters. The minimum atomic E-state index is -3.36. The molecule has 2 N–H and O–H groups in total.